The van der Waals surface area contributed by atoms with Crippen LogP contribution in [0.2, 0.25) is 0 Å². The molecule has 0 unspecified atom stereocenters. The summed E-state index contributed by atoms with van der Waals surface area (Å²) in [6.45, 7) is 1.91. The summed E-state index contributed by atoms with van der Waals surface area (Å²) in [6, 6.07) is 9.63. The smallest absolute Gasteiger partial charge is 0.328 e. The Morgan fingerprint density at radius 2 is 2.05 bits per heavy atom. The van der Waals surface area contributed by atoms with Crippen molar-refractivity contribution in [1.29, 1.82) is 0 Å². The summed E-state index contributed by atoms with van der Waals surface area (Å²) in [7, 11) is 0. The molecule has 2 rings (SSSR count). The van der Waals surface area contributed by atoms with E-state index in [1.54, 1.807) is 18.2 Å². The van der Waals surface area contributed by atoms with Gasteiger partial charge in [0, 0.05) is 10.5 Å². The molecule has 2 aromatic rings. The Hall–Kier alpha value is -2.14. The maximum Gasteiger partial charge on any atom is 0.328 e. The highest BCUT2D eigenvalue weighted by Gasteiger charge is 2.06. The molecule has 1 N–H and O–H groups in total. The number of rotatable bonds is 4. The van der Waals surface area contributed by atoms with E-state index >= 15 is 0 Å². The van der Waals surface area contributed by atoms with E-state index in [1.807, 2.05) is 13.0 Å². The van der Waals surface area contributed by atoms with Crippen LogP contribution in [0.15, 0.2) is 46.9 Å². The van der Waals surface area contributed by atoms with Gasteiger partial charge in [-0.3, -0.25) is 0 Å². The summed E-state index contributed by atoms with van der Waals surface area (Å²) in [5, 5.41) is 8.53. The summed E-state index contributed by atoms with van der Waals surface area (Å²) in [6.07, 6.45) is 2.27. The lowest BCUT2D eigenvalue weighted by atomic mass is 10.2. The quantitative estimate of drug-likeness (QED) is 0.806. The molecule has 0 bridgehead atoms. The maximum atomic E-state index is 13.9. The van der Waals surface area contributed by atoms with Gasteiger partial charge in [0.1, 0.15) is 5.75 Å². The minimum Gasteiger partial charge on any atom is -0.478 e. The second kappa shape index (κ2) is 6.54. The van der Waals surface area contributed by atoms with Gasteiger partial charge in [0.2, 0.25) is 0 Å². The van der Waals surface area contributed by atoms with E-state index in [9.17, 15) is 9.18 Å². The van der Waals surface area contributed by atoms with Crippen molar-refractivity contribution >= 4 is 28.0 Å². The van der Waals surface area contributed by atoms with Crippen LogP contribution in [0.4, 0.5) is 4.39 Å². The second-order valence-corrected chi connectivity index (χ2v) is 5.23. The summed E-state index contributed by atoms with van der Waals surface area (Å²) >= 11 is 3.38. The van der Waals surface area contributed by atoms with Gasteiger partial charge in [0.25, 0.3) is 0 Å². The van der Waals surface area contributed by atoms with Crippen LogP contribution in [0.3, 0.4) is 0 Å². The van der Waals surface area contributed by atoms with Gasteiger partial charge in [0.15, 0.2) is 11.6 Å². The Morgan fingerprint density at radius 3 is 2.67 bits per heavy atom. The molecule has 2 aromatic carbocycles. The van der Waals surface area contributed by atoms with E-state index < -0.39 is 11.8 Å². The molecule has 0 atom stereocenters. The SMILES string of the molecule is Cc1cc(Oc2ccc(/C=C/C(=O)O)cc2F)ccc1Br. The molecule has 21 heavy (non-hydrogen) atoms. The minimum absolute atomic E-state index is 0.0872. The van der Waals surface area contributed by atoms with Crippen molar-refractivity contribution in [2.24, 2.45) is 0 Å². The zero-order chi connectivity index (χ0) is 15.4. The third kappa shape index (κ3) is 4.16. The second-order valence-electron chi connectivity index (χ2n) is 4.37. The summed E-state index contributed by atoms with van der Waals surface area (Å²) in [4.78, 5) is 10.4. The first kappa shape index (κ1) is 15.3. The van der Waals surface area contributed by atoms with Crippen molar-refractivity contribution in [1.82, 2.24) is 0 Å². The molecular weight excluding hydrogens is 339 g/mol. The Kier molecular flexibility index (Phi) is 4.75. The monoisotopic (exact) mass is 350 g/mol. The fourth-order valence-corrected chi connectivity index (χ4v) is 1.93. The molecule has 0 fully saturated rings. The number of aliphatic carboxylic acids is 1. The van der Waals surface area contributed by atoms with Gasteiger partial charge in [-0.25, -0.2) is 9.18 Å². The van der Waals surface area contributed by atoms with Crippen molar-refractivity contribution in [3.05, 3.63) is 63.9 Å². The van der Waals surface area contributed by atoms with Crippen LogP contribution < -0.4 is 4.74 Å². The highest BCUT2D eigenvalue weighted by atomic mass is 79.9. The molecule has 108 valence electrons. The van der Waals surface area contributed by atoms with Gasteiger partial charge in [0.05, 0.1) is 0 Å². The maximum absolute atomic E-state index is 13.9. The first-order valence-corrected chi connectivity index (χ1v) is 6.89. The Labute approximate surface area is 129 Å². The number of carbonyl (C=O) groups is 1. The topological polar surface area (TPSA) is 46.5 Å². The van der Waals surface area contributed by atoms with Crippen LogP contribution in [-0.2, 0) is 4.79 Å². The number of ether oxygens (including phenoxy) is 1. The molecule has 0 aliphatic carbocycles. The molecule has 0 saturated heterocycles. The predicted molar refractivity (Wildman–Crippen MR) is 82.0 cm³/mol. The zero-order valence-corrected chi connectivity index (χ0v) is 12.7. The minimum atomic E-state index is -1.08. The van der Waals surface area contributed by atoms with Gasteiger partial charge in [-0.05, 0) is 54.5 Å². The molecule has 0 aliphatic heterocycles. The van der Waals surface area contributed by atoms with Crippen LogP contribution in [0.1, 0.15) is 11.1 Å². The molecule has 0 radical (unpaired) electrons. The van der Waals surface area contributed by atoms with E-state index in [4.69, 9.17) is 9.84 Å². The van der Waals surface area contributed by atoms with Crippen molar-refractivity contribution in [2.75, 3.05) is 0 Å². The highest BCUT2D eigenvalue weighted by molar-refractivity contribution is 9.10. The molecular formula is C16H12BrFO3. The summed E-state index contributed by atoms with van der Waals surface area (Å²) in [5.74, 6) is -1.02. The number of carboxylic acid groups (broad SMARTS) is 1. The lowest BCUT2D eigenvalue weighted by Gasteiger charge is -2.08. The van der Waals surface area contributed by atoms with Crippen LogP contribution in [-0.4, -0.2) is 11.1 Å². The molecule has 5 heteroatoms. The third-order valence-corrected chi connectivity index (χ3v) is 3.62. The van der Waals surface area contributed by atoms with Crippen LogP contribution in [0, 0.1) is 12.7 Å². The third-order valence-electron chi connectivity index (χ3n) is 2.73. The Balaban J connectivity index is 2.21. The molecule has 0 heterocycles. The largest absolute Gasteiger partial charge is 0.478 e. The molecule has 0 aromatic heterocycles. The number of benzene rings is 2. The number of hydrogen-bond donors (Lipinski definition) is 1. The summed E-state index contributed by atoms with van der Waals surface area (Å²) in [5.41, 5.74) is 1.43. The standard InChI is InChI=1S/C16H12BrFO3/c1-10-8-12(4-5-13(10)17)21-15-6-2-11(9-14(15)18)3-7-16(19)20/h2-9H,1H3,(H,19,20)/b7-3+. The van der Waals surface area contributed by atoms with Crippen molar-refractivity contribution < 1.29 is 19.0 Å². The molecule has 0 aliphatic rings. The van der Waals surface area contributed by atoms with Crippen molar-refractivity contribution in [2.45, 2.75) is 6.92 Å². The van der Waals surface area contributed by atoms with Gasteiger partial charge >= 0.3 is 5.97 Å². The van der Waals surface area contributed by atoms with Crippen LogP contribution >= 0.6 is 15.9 Å². The predicted octanol–water partition coefficient (Wildman–Crippen LogP) is 4.79. The van der Waals surface area contributed by atoms with E-state index in [0.717, 1.165) is 16.1 Å². The summed E-state index contributed by atoms with van der Waals surface area (Å²) < 4.78 is 20.4. The average molecular weight is 351 g/mol. The van der Waals surface area contributed by atoms with E-state index in [1.165, 1.54) is 18.2 Å². The fraction of sp³-hybridized carbons (Fsp3) is 0.0625. The Bertz CT molecular complexity index is 711. The fourth-order valence-electron chi connectivity index (χ4n) is 1.68. The van der Waals surface area contributed by atoms with Crippen LogP contribution in [0.25, 0.3) is 6.08 Å². The molecule has 3 nitrogen and oxygen atoms in total. The normalized spacial score (nSPS) is 10.8. The van der Waals surface area contributed by atoms with Gasteiger partial charge < -0.3 is 9.84 Å². The zero-order valence-electron chi connectivity index (χ0n) is 11.1. The number of hydrogen-bond acceptors (Lipinski definition) is 2. The highest BCUT2D eigenvalue weighted by Crippen LogP contribution is 2.28. The lowest BCUT2D eigenvalue weighted by Crippen LogP contribution is -1.90. The number of aryl methyl sites for hydroxylation is 1. The van der Waals surface area contributed by atoms with E-state index in [-0.39, 0.29) is 5.75 Å². The Morgan fingerprint density at radius 1 is 1.29 bits per heavy atom. The first-order valence-electron chi connectivity index (χ1n) is 6.10. The van der Waals surface area contributed by atoms with Gasteiger partial charge in [-0.15, -0.1) is 0 Å². The number of halogens is 2. The van der Waals surface area contributed by atoms with E-state index in [0.29, 0.717) is 11.3 Å². The molecule has 0 amide bonds. The van der Waals surface area contributed by atoms with Gasteiger partial charge in [-0.2, -0.15) is 0 Å². The number of carboxylic acids is 1. The first-order chi connectivity index (χ1) is 9.95. The van der Waals surface area contributed by atoms with Crippen molar-refractivity contribution in [3.8, 4) is 11.5 Å². The molecule has 0 saturated carbocycles. The molecule has 0 spiro atoms. The van der Waals surface area contributed by atoms with Crippen molar-refractivity contribution in [3.63, 3.8) is 0 Å². The lowest BCUT2D eigenvalue weighted by molar-refractivity contribution is -0.131. The average Bonchev–Trinajstić information content (AvgIpc) is 2.43. The van der Waals surface area contributed by atoms with Crippen LogP contribution in [0.5, 0.6) is 11.5 Å². The van der Waals surface area contributed by atoms with E-state index in [2.05, 4.69) is 15.9 Å². The van der Waals surface area contributed by atoms with Gasteiger partial charge in [-0.1, -0.05) is 22.0 Å².